The van der Waals surface area contributed by atoms with Gasteiger partial charge in [-0.2, -0.15) is 0 Å². The van der Waals surface area contributed by atoms with E-state index in [9.17, 15) is 0 Å². The van der Waals surface area contributed by atoms with Crippen LogP contribution >= 0.6 is 0 Å². The Morgan fingerprint density at radius 2 is 2.10 bits per heavy atom. The fourth-order valence-electron chi connectivity index (χ4n) is 1.95. The second-order valence-corrected chi connectivity index (χ2v) is 4.71. The number of hydrogen-bond donors (Lipinski definition) is 1. The van der Waals surface area contributed by atoms with E-state index in [1.54, 1.807) is 18.0 Å². The number of ether oxygens (including phenoxy) is 3. The van der Waals surface area contributed by atoms with Gasteiger partial charge in [-0.1, -0.05) is 12.1 Å². The Morgan fingerprint density at radius 3 is 2.70 bits per heavy atom. The minimum absolute atomic E-state index is 0.0710. The Hall–Kier alpha value is -2.21. The average Bonchev–Trinajstić information content (AvgIpc) is 2.75. The van der Waals surface area contributed by atoms with Gasteiger partial charge in [0.25, 0.3) is 5.88 Å². The van der Waals surface area contributed by atoms with Gasteiger partial charge in [0.1, 0.15) is 17.5 Å². The number of rotatable bonds is 5. The van der Waals surface area contributed by atoms with E-state index in [-0.39, 0.29) is 6.10 Å². The van der Waals surface area contributed by atoms with Crippen molar-refractivity contribution in [3.05, 3.63) is 36.0 Å². The largest absolute Gasteiger partial charge is 0.497 e. The number of benzene rings is 1. The standard InChI is InChI=1S/C14H17N3O3/c1-18-11-4-2-10(3-5-11)6-17-7-13(15)14(16-17)20-12-8-19-9-12/h2-5,7,12H,6,8-9,15H2,1H3. The first-order valence-electron chi connectivity index (χ1n) is 6.45. The molecule has 1 aromatic heterocycles. The van der Waals surface area contributed by atoms with Crippen LogP contribution in [0.4, 0.5) is 5.69 Å². The number of methoxy groups -OCH3 is 1. The quantitative estimate of drug-likeness (QED) is 0.890. The van der Waals surface area contributed by atoms with Crippen molar-refractivity contribution < 1.29 is 14.2 Å². The van der Waals surface area contributed by atoms with Crippen molar-refractivity contribution in [2.24, 2.45) is 0 Å². The molecule has 0 atom stereocenters. The fourth-order valence-corrected chi connectivity index (χ4v) is 1.95. The molecule has 0 saturated carbocycles. The van der Waals surface area contributed by atoms with E-state index in [1.165, 1.54) is 0 Å². The van der Waals surface area contributed by atoms with Crippen molar-refractivity contribution in [1.29, 1.82) is 0 Å². The van der Waals surface area contributed by atoms with Crippen LogP contribution in [-0.4, -0.2) is 36.2 Å². The third-order valence-corrected chi connectivity index (χ3v) is 3.14. The SMILES string of the molecule is COc1ccc(Cn2cc(N)c(OC3COC3)n2)cc1. The van der Waals surface area contributed by atoms with Gasteiger partial charge in [-0.15, -0.1) is 5.10 Å². The molecule has 0 unspecified atom stereocenters. The van der Waals surface area contributed by atoms with Crippen LogP contribution < -0.4 is 15.2 Å². The summed E-state index contributed by atoms with van der Waals surface area (Å²) in [6.45, 7) is 1.84. The molecule has 20 heavy (non-hydrogen) atoms. The fraction of sp³-hybridized carbons (Fsp3) is 0.357. The van der Waals surface area contributed by atoms with Gasteiger partial charge in [0.05, 0.1) is 33.1 Å². The van der Waals surface area contributed by atoms with Crippen molar-refractivity contribution in [2.45, 2.75) is 12.6 Å². The molecule has 2 heterocycles. The summed E-state index contributed by atoms with van der Waals surface area (Å²) in [6, 6.07) is 7.84. The molecule has 1 saturated heterocycles. The van der Waals surface area contributed by atoms with Gasteiger partial charge in [-0.05, 0) is 17.7 Å². The summed E-state index contributed by atoms with van der Waals surface area (Å²) in [5, 5.41) is 4.35. The molecule has 0 amide bonds. The summed E-state index contributed by atoms with van der Waals surface area (Å²) in [7, 11) is 1.65. The molecule has 1 aliphatic rings. The molecule has 0 bridgehead atoms. The first-order chi connectivity index (χ1) is 9.74. The van der Waals surface area contributed by atoms with Crippen LogP contribution in [0.1, 0.15) is 5.56 Å². The third-order valence-electron chi connectivity index (χ3n) is 3.14. The second kappa shape index (κ2) is 5.42. The van der Waals surface area contributed by atoms with Gasteiger partial charge >= 0.3 is 0 Å². The summed E-state index contributed by atoms with van der Waals surface area (Å²) < 4.78 is 17.6. The van der Waals surface area contributed by atoms with Crippen LogP contribution in [0.5, 0.6) is 11.6 Å². The van der Waals surface area contributed by atoms with Crippen LogP contribution in [0.2, 0.25) is 0 Å². The van der Waals surface area contributed by atoms with Crippen molar-refractivity contribution in [3.63, 3.8) is 0 Å². The maximum Gasteiger partial charge on any atom is 0.256 e. The molecule has 0 spiro atoms. The Bertz CT molecular complexity index is 576. The number of nitrogens with two attached hydrogens (primary N) is 1. The lowest BCUT2D eigenvalue weighted by Gasteiger charge is -2.25. The predicted octanol–water partition coefficient (Wildman–Crippen LogP) is 1.30. The van der Waals surface area contributed by atoms with E-state index in [2.05, 4.69) is 5.10 Å². The monoisotopic (exact) mass is 275 g/mol. The topological polar surface area (TPSA) is 71.5 Å². The molecule has 1 fully saturated rings. The molecular formula is C14H17N3O3. The molecule has 6 heteroatoms. The summed E-state index contributed by atoms with van der Waals surface area (Å²) in [5.74, 6) is 1.31. The van der Waals surface area contributed by atoms with Crippen molar-refractivity contribution >= 4 is 5.69 Å². The smallest absolute Gasteiger partial charge is 0.256 e. The molecule has 6 nitrogen and oxygen atoms in total. The van der Waals surface area contributed by atoms with Gasteiger partial charge in [0.15, 0.2) is 0 Å². The molecule has 3 rings (SSSR count). The third kappa shape index (κ3) is 2.70. The van der Waals surface area contributed by atoms with E-state index >= 15 is 0 Å². The molecule has 2 aromatic rings. The maximum atomic E-state index is 5.90. The molecule has 1 aromatic carbocycles. The predicted molar refractivity (Wildman–Crippen MR) is 74.0 cm³/mol. The lowest BCUT2D eigenvalue weighted by atomic mass is 10.2. The van der Waals surface area contributed by atoms with E-state index in [1.807, 2.05) is 24.3 Å². The lowest BCUT2D eigenvalue weighted by molar-refractivity contribution is -0.0812. The van der Waals surface area contributed by atoms with Crippen molar-refractivity contribution in [2.75, 3.05) is 26.1 Å². The summed E-state index contributed by atoms with van der Waals surface area (Å²) in [5.41, 5.74) is 7.56. The number of hydrogen-bond acceptors (Lipinski definition) is 5. The molecular weight excluding hydrogens is 258 g/mol. The Morgan fingerprint density at radius 1 is 1.35 bits per heavy atom. The van der Waals surface area contributed by atoms with Gasteiger partial charge in [-0.25, -0.2) is 0 Å². The van der Waals surface area contributed by atoms with Crippen molar-refractivity contribution in [1.82, 2.24) is 9.78 Å². The highest BCUT2D eigenvalue weighted by Crippen LogP contribution is 2.22. The van der Waals surface area contributed by atoms with Crippen LogP contribution in [-0.2, 0) is 11.3 Å². The molecule has 0 aliphatic carbocycles. The maximum absolute atomic E-state index is 5.90. The zero-order valence-corrected chi connectivity index (χ0v) is 11.3. The number of anilines is 1. The molecule has 106 valence electrons. The summed E-state index contributed by atoms with van der Waals surface area (Å²) >= 11 is 0. The minimum atomic E-state index is 0.0710. The van der Waals surface area contributed by atoms with E-state index < -0.39 is 0 Å². The first kappa shape index (κ1) is 12.8. The second-order valence-electron chi connectivity index (χ2n) is 4.71. The van der Waals surface area contributed by atoms with Crippen LogP contribution in [0.25, 0.3) is 0 Å². The van der Waals surface area contributed by atoms with Gasteiger partial charge in [0, 0.05) is 0 Å². The van der Waals surface area contributed by atoms with Crippen LogP contribution in [0.15, 0.2) is 30.5 Å². The lowest BCUT2D eigenvalue weighted by Crippen LogP contribution is -2.38. The van der Waals surface area contributed by atoms with Gasteiger partial charge < -0.3 is 19.9 Å². The highest BCUT2D eigenvalue weighted by atomic mass is 16.6. The normalized spacial score (nSPS) is 14.8. The zero-order chi connectivity index (χ0) is 13.9. The van der Waals surface area contributed by atoms with Crippen LogP contribution in [0.3, 0.4) is 0 Å². The van der Waals surface area contributed by atoms with E-state index in [4.69, 9.17) is 19.9 Å². The first-order valence-corrected chi connectivity index (χ1v) is 6.45. The molecule has 2 N–H and O–H groups in total. The summed E-state index contributed by atoms with van der Waals surface area (Å²) in [4.78, 5) is 0. The average molecular weight is 275 g/mol. The molecule has 1 aliphatic heterocycles. The zero-order valence-electron chi connectivity index (χ0n) is 11.3. The van der Waals surface area contributed by atoms with Crippen LogP contribution in [0, 0.1) is 0 Å². The summed E-state index contributed by atoms with van der Waals surface area (Å²) in [6.07, 6.45) is 1.85. The Labute approximate surface area is 117 Å². The minimum Gasteiger partial charge on any atom is -0.497 e. The van der Waals surface area contributed by atoms with E-state index in [0.717, 1.165) is 11.3 Å². The van der Waals surface area contributed by atoms with Gasteiger partial charge in [0.2, 0.25) is 0 Å². The molecule has 0 radical (unpaired) electrons. The highest BCUT2D eigenvalue weighted by Gasteiger charge is 2.22. The number of nitrogen functional groups attached to an aromatic ring is 1. The number of nitrogens with zero attached hydrogens (tertiary/aromatic N) is 2. The van der Waals surface area contributed by atoms with Crippen molar-refractivity contribution in [3.8, 4) is 11.6 Å². The van der Waals surface area contributed by atoms with E-state index in [0.29, 0.717) is 31.3 Å². The highest BCUT2D eigenvalue weighted by molar-refractivity contribution is 5.46. The Balaban J connectivity index is 1.68. The number of aromatic nitrogens is 2. The Kier molecular flexibility index (Phi) is 3.47. The van der Waals surface area contributed by atoms with Gasteiger partial charge in [-0.3, -0.25) is 4.68 Å².